The summed E-state index contributed by atoms with van der Waals surface area (Å²) in [5, 5.41) is 0. The molecular weight excluding hydrogens is 424 g/mol. The van der Waals surface area contributed by atoms with Crippen LogP contribution in [0.5, 0.6) is 0 Å². The molecule has 22 heavy (non-hydrogen) atoms. The van der Waals surface area contributed by atoms with Gasteiger partial charge in [-0.15, -0.1) is 0 Å². The van der Waals surface area contributed by atoms with Gasteiger partial charge in [-0.2, -0.15) is 0 Å². The number of unbranched alkanes of at least 4 members (excludes halogenated alkanes) is 10. The zero-order valence-corrected chi connectivity index (χ0v) is 19.2. The van der Waals surface area contributed by atoms with Crippen LogP contribution in [0.4, 0.5) is 0 Å². The highest BCUT2D eigenvalue weighted by Gasteiger charge is 2.13. The van der Waals surface area contributed by atoms with E-state index in [1.807, 2.05) is 0 Å². The molecule has 0 N–H and O–H groups in total. The van der Waals surface area contributed by atoms with Crippen molar-refractivity contribution in [2.45, 2.75) is 79.9 Å². The van der Waals surface area contributed by atoms with E-state index in [0.717, 1.165) is 23.1 Å². The third kappa shape index (κ3) is 18.4. The highest BCUT2D eigenvalue weighted by molar-refractivity contribution is 9.26. The van der Waals surface area contributed by atoms with Crippen LogP contribution >= 0.6 is 31.9 Å². The minimum Gasteiger partial charge on any atom is -0.463 e. The average Bonchev–Trinajstić information content (AvgIpc) is 2.46. The van der Waals surface area contributed by atoms with Crippen molar-refractivity contribution in [2.75, 3.05) is 6.61 Å². The molecular formula is C17H32Br2O2Si. The van der Waals surface area contributed by atoms with Crippen molar-refractivity contribution in [3.05, 3.63) is 12.7 Å². The lowest BCUT2D eigenvalue weighted by atomic mass is 10.1. The Morgan fingerprint density at radius 2 is 1.32 bits per heavy atom. The third-order valence-electron chi connectivity index (χ3n) is 3.67. The maximum absolute atomic E-state index is 10.8. The van der Waals surface area contributed by atoms with Gasteiger partial charge in [0.05, 0.1) is 9.46 Å². The van der Waals surface area contributed by atoms with Crippen LogP contribution < -0.4 is 0 Å². The van der Waals surface area contributed by atoms with Gasteiger partial charge >= 0.3 is 5.97 Å². The Labute approximate surface area is 156 Å². The van der Waals surface area contributed by atoms with Gasteiger partial charge in [-0.1, -0.05) is 103 Å². The molecule has 0 bridgehead atoms. The lowest BCUT2D eigenvalue weighted by Crippen LogP contribution is -2.09. The first-order valence-electron chi connectivity index (χ1n) is 8.63. The van der Waals surface area contributed by atoms with E-state index in [1.54, 1.807) is 0 Å². The second-order valence-electron chi connectivity index (χ2n) is 6.08. The topological polar surface area (TPSA) is 26.3 Å². The Morgan fingerprint density at radius 1 is 0.909 bits per heavy atom. The maximum Gasteiger partial charge on any atom is 0.330 e. The largest absolute Gasteiger partial charge is 0.463 e. The predicted molar refractivity (Wildman–Crippen MR) is 107 cm³/mol. The fourth-order valence-electron chi connectivity index (χ4n) is 2.36. The molecule has 0 aliphatic carbocycles. The molecule has 0 heterocycles. The van der Waals surface area contributed by atoms with Gasteiger partial charge in [0.1, 0.15) is 0 Å². The van der Waals surface area contributed by atoms with E-state index in [-0.39, 0.29) is 8.83 Å². The summed E-state index contributed by atoms with van der Waals surface area (Å²) in [5.74, 6) is -0.307. The molecule has 0 aliphatic heterocycles. The van der Waals surface area contributed by atoms with E-state index >= 15 is 0 Å². The molecule has 130 valence electrons. The first-order valence-corrected chi connectivity index (χ1v) is 11.2. The van der Waals surface area contributed by atoms with E-state index in [1.165, 1.54) is 70.3 Å². The van der Waals surface area contributed by atoms with Crippen LogP contribution in [-0.4, -0.2) is 25.7 Å². The summed E-state index contributed by atoms with van der Waals surface area (Å²) >= 11 is 7.34. The Hall–Kier alpha value is 0.387. The fraction of sp³-hybridized carbons (Fsp3) is 0.824. The summed E-state index contributed by atoms with van der Waals surface area (Å²) in [6, 6.07) is 0. The second-order valence-corrected chi connectivity index (χ2v) is 15.3. The van der Waals surface area contributed by atoms with Crippen molar-refractivity contribution in [3.63, 3.8) is 0 Å². The van der Waals surface area contributed by atoms with Gasteiger partial charge in [0.15, 0.2) is 0 Å². The summed E-state index contributed by atoms with van der Waals surface area (Å²) in [6.07, 6.45) is 16.7. The lowest BCUT2D eigenvalue weighted by Gasteiger charge is -2.13. The van der Waals surface area contributed by atoms with E-state index in [0.29, 0.717) is 6.61 Å². The molecule has 2 nitrogen and oxygen atoms in total. The van der Waals surface area contributed by atoms with E-state index in [9.17, 15) is 4.79 Å². The fourth-order valence-corrected chi connectivity index (χ4v) is 3.27. The number of hydrogen-bond donors (Lipinski definition) is 0. The van der Waals surface area contributed by atoms with Crippen molar-refractivity contribution < 1.29 is 9.53 Å². The molecule has 0 saturated carbocycles. The van der Waals surface area contributed by atoms with E-state index in [2.05, 4.69) is 38.4 Å². The Morgan fingerprint density at radius 3 is 1.73 bits per heavy atom. The van der Waals surface area contributed by atoms with Crippen LogP contribution in [0.3, 0.4) is 0 Å². The second kappa shape index (κ2) is 14.9. The number of alkyl halides is 2. The zero-order chi connectivity index (χ0) is 16.7. The Bertz CT molecular complexity index is 291. The third-order valence-corrected chi connectivity index (χ3v) is 4.96. The molecule has 5 heteroatoms. The number of rotatable bonds is 15. The van der Waals surface area contributed by atoms with Gasteiger partial charge in [-0.3, -0.25) is 0 Å². The molecule has 0 spiro atoms. The maximum atomic E-state index is 10.8. The normalized spacial score (nSPS) is 11.5. The highest BCUT2D eigenvalue weighted by Crippen LogP contribution is 2.28. The Balaban J connectivity index is 3.09. The van der Waals surface area contributed by atoms with Gasteiger partial charge < -0.3 is 4.74 Å². The van der Waals surface area contributed by atoms with Gasteiger partial charge in [0.2, 0.25) is 0 Å². The number of ether oxygens (including phenoxy) is 1. The van der Waals surface area contributed by atoms with Gasteiger partial charge in [0, 0.05) is 16.3 Å². The molecule has 0 atom stereocenters. The van der Waals surface area contributed by atoms with Crippen LogP contribution in [-0.2, 0) is 9.53 Å². The van der Waals surface area contributed by atoms with Crippen molar-refractivity contribution in [1.29, 1.82) is 0 Å². The minimum atomic E-state index is -0.307. The number of esters is 1. The van der Waals surface area contributed by atoms with Crippen LogP contribution in [0, 0.1) is 0 Å². The van der Waals surface area contributed by atoms with Crippen molar-refractivity contribution >= 4 is 48.1 Å². The summed E-state index contributed by atoms with van der Waals surface area (Å²) in [4.78, 5) is 10.8. The first kappa shape index (κ1) is 22.4. The SMILES string of the molecule is C=CC(=O)OCCCCCCCCCCCCCC([SiH3])(Br)Br. The lowest BCUT2D eigenvalue weighted by molar-refractivity contribution is -0.137. The number of hydrogen-bond acceptors (Lipinski definition) is 2. The summed E-state index contributed by atoms with van der Waals surface area (Å²) < 4.78 is 5.21. The molecule has 0 saturated heterocycles. The van der Waals surface area contributed by atoms with Crippen LogP contribution in [0.25, 0.3) is 0 Å². The molecule has 0 aromatic heterocycles. The molecule has 0 radical (unpaired) electrons. The summed E-state index contributed by atoms with van der Waals surface area (Å²) in [6.45, 7) is 3.91. The smallest absolute Gasteiger partial charge is 0.330 e. The first-order chi connectivity index (χ1) is 10.5. The van der Waals surface area contributed by atoms with Crippen molar-refractivity contribution in [2.24, 2.45) is 0 Å². The molecule has 0 fully saturated rings. The molecule has 0 unspecified atom stereocenters. The molecule has 0 rings (SSSR count). The minimum absolute atomic E-state index is 0.268. The quantitative estimate of drug-likeness (QED) is 0.111. The van der Waals surface area contributed by atoms with Crippen LogP contribution in [0.1, 0.15) is 77.0 Å². The summed E-state index contributed by atoms with van der Waals surface area (Å²) in [7, 11) is 1.15. The van der Waals surface area contributed by atoms with Gasteiger partial charge in [-0.05, 0) is 12.8 Å². The number of halogens is 2. The molecule has 0 aromatic carbocycles. The highest BCUT2D eigenvalue weighted by atomic mass is 79.9. The van der Waals surface area contributed by atoms with Crippen molar-refractivity contribution in [3.8, 4) is 0 Å². The van der Waals surface area contributed by atoms with E-state index < -0.39 is 0 Å². The Kier molecular flexibility index (Phi) is 15.2. The molecule has 0 aliphatic rings. The molecule has 0 amide bonds. The summed E-state index contributed by atoms with van der Waals surface area (Å²) in [5.41, 5.74) is 0. The number of carbonyl (C=O) groups is 1. The van der Waals surface area contributed by atoms with Gasteiger partial charge in [-0.25, -0.2) is 4.79 Å². The monoisotopic (exact) mass is 454 g/mol. The van der Waals surface area contributed by atoms with Gasteiger partial charge in [0.25, 0.3) is 0 Å². The van der Waals surface area contributed by atoms with Crippen molar-refractivity contribution in [1.82, 2.24) is 0 Å². The standard InChI is InChI=1S/C17H32Br2O2Si/c1-2-16(20)21-15-13-11-9-7-5-3-4-6-8-10-12-14-17(18,19)22/h2H,1,3-15H2,22H3. The predicted octanol–water partition coefficient (Wildman–Crippen LogP) is 5.21. The van der Waals surface area contributed by atoms with E-state index in [4.69, 9.17) is 4.74 Å². The van der Waals surface area contributed by atoms with Crippen LogP contribution in [0.15, 0.2) is 12.7 Å². The van der Waals surface area contributed by atoms with Crippen LogP contribution in [0.2, 0.25) is 0 Å². The average molecular weight is 456 g/mol. The molecule has 0 aromatic rings. The number of carbonyl (C=O) groups excluding carboxylic acids is 1. The zero-order valence-electron chi connectivity index (χ0n) is 14.0.